The highest BCUT2D eigenvalue weighted by atomic mass is 16.5. The van der Waals surface area contributed by atoms with Gasteiger partial charge in [0.2, 0.25) is 5.91 Å². The molecule has 2 N–H and O–H groups in total. The quantitative estimate of drug-likeness (QED) is 0.382. The van der Waals surface area contributed by atoms with Crippen LogP contribution in [0, 0.1) is 0 Å². The van der Waals surface area contributed by atoms with Gasteiger partial charge >= 0.3 is 5.97 Å². The maximum Gasteiger partial charge on any atom is 0.328 e. The van der Waals surface area contributed by atoms with E-state index in [0.29, 0.717) is 36.9 Å². The van der Waals surface area contributed by atoms with Gasteiger partial charge in [0.05, 0.1) is 6.61 Å². The Hall–Kier alpha value is -2.63. The molecule has 1 rings (SSSR count). The molecule has 2 amide bonds. The standard InChI is InChI=1S/C20H28N2O4/c1-4-15(3)18(23)21-14-10-9-13-17(20(25)26-5-2)22-19(24)16-11-7-6-8-12-16/h4,6-8,11-12,17H,5,9-10,13-14H2,1-3H3,(H,21,23)(H,22,24)/b15-4+/t17-/m0/s1. The molecule has 0 aliphatic carbocycles. The number of hydrogen-bond acceptors (Lipinski definition) is 4. The van der Waals surface area contributed by atoms with E-state index in [-0.39, 0.29) is 18.4 Å². The first-order valence-corrected chi connectivity index (χ1v) is 8.93. The number of carbonyl (C=O) groups excluding carboxylic acids is 3. The second-order valence-electron chi connectivity index (χ2n) is 5.87. The van der Waals surface area contributed by atoms with Crippen molar-refractivity contribution >= 4 is 17.8 Å². The molecule has 0 unspecified atom stereocenters. The number of ether oxygens (including phenoxy) is 1. The highest BCUT2D eigenvalue weighted by Gasteiger charge is 2.22. The molecular formula is C20H28N2O4. The fraction of sp³-hybridized carbons (Fsp3) is 0.450. The monoisotopic (exact) mass is 360 g/mol. The topological polar surface area (TPSA) is 84.5 Å². The summed E-state index contributed by atoms with van der Waals surface area (Å²) >= 11 is 0. The molecule has 26 heavy (non-hydrogen) atoms. The van der Waals surface area contributed by atoms with Crippen molar-refractivity contribution in [2.75, 3.05) is 13.2 Å². The molecule has 1 aromatic carbocycles. The minimum atomic E-state index is -0.698. The minimum Gasteiger partial charge on any atom is -0.464 e. The molecule has 0 bridgehead atoms. The maximum absolute atomic E-state index is 12.3. The predicted octanol–water partition coefficient (Wildman–Crippen LogP) is 2.60. The van der Waals surface area contributed by atoms with Crippen molar-refractivity contribution in [1.82, 2.24) is 10.6 Å². The molecule has 6 nitrogen and oxygen atoms in total. The third kappa shape index (κ3) is 7.51. The lowest BCUT2D eigenvalue weighted by atomic mass is 10.1. The van der Waals surface area contributed by atoms with Crippen LogP contribution in [0.2, 0.25) is 0 Å². The Morgan fingerprint density at radius 1 is 1.15 bits per heavy atom. The first-order valence-electron chi connectivity index (χ1n) is 8.93. The number of unbranched alkanes of at least 4 members (excludes halogenated alkanes) is 1. The van der Waals surface area contributed by atoms with E-state index in [1.807, 2.05) is 13.0 Å². The molecule has 0 spiro atoms. The average molecular weight is 360 g/mol. The molecule has 0 heterocycles. The summed E-state index contributed by atoms with van der Waals surface area (Å²) in [5.41, 5.74) is 1.17. The summed E-state index contributed by atoms with van der Waals surface area (Å²) in [7, 11) is 0. The van der Waals surface area contributed by atoms with E-state index in [0.717, 1.165) is 0 Å². The molecule has 142 valence electrons. The first-order chi connectivity index (χ1) is 12.5. The number of hydrogen-bond donors (Lipinski definition) is 2. The molecule has 0 saturated carbocycles. The van der Waals surface area contributed by atoms with Crippen molar-refractivity contribution in [1.29, 1.82) is 0 Å². The summed E-state index contributed by atoms with van der Waals surface area (Å²) in [5.74, 6) is -0.835. The van der Waals surface area contributed by atoms with Crippen LogP contribution in [0.5, 0.6) is 0 Å². The number of carbonyl (C=O) groups is 3. The third-order valence-corrected chi connectivity index (χ3v) is 3.91. The van der Waals surface area contributed by atoms with Gasteiger partial charge < -0.3 is 15.4 Å². The van der Waals surface area contributed by atoms with Gasteiger partial charge in [0.1, 0.15) is 6.04 Å². The second kappa shape index (κ2) is 11.8. The molecule has 0 aliphatic rings. The van der Waals surface area contributed by atoms with Crippen LogP contribution in [0.25, 0.3) is 0 Å². The Balaban J connectivity index is 2.50. The summed E-state index contributed by atoms with van der Waals surface area (Å²) in [4.78, 5) is 36.0. The van der Waals surface area contributed by atoms with Gasteiger partial charge in [-0.05, 0) is 52.2 Å². The van der Waals surface area contributed by atoms with E-state index in [4.69, 9.17) is 4.74 Å². The van der Waals surface area contributed by atoms with Gasteiger partial charge in [-0.1, -0.05) is 24.3 Å². The fourth-order valence-corrected chi connectivity index (χ4v) is 2.27. The van der Waals surface area contributed by atoms with Crippen molar-refractivity contribution in [2.45, 2.75) is 46.1 Å². The molecule has 6 heteroatoms. The average Bonchev–Trinajstić information content (AvgIpc) is 2.66. The molecule has 0 aromatic heterocycles. The molecule has 1 aromatic rings. The summed E-state index contributed by atoms with van der Waals surface area (Å²) in [6, 6.07) is 8.04. The lowest BCUT2D eigenvalue weighted by Gasteiger charge is -2.17. The van der Waals surface area contributed by atoms with Gasteiger partial charge in [0.25, 0.3) is 5.91 Å². The predicted molar refractivity (Wildman–Crippen MR) is 101 cm³/mol. The van der Waals surface area contributed by atoms with Crippen molar-refractivity contribution in [2.24, 2.45) is 0 Å². The lowest BCUT2D eigenvalue weighted by Crippen LogP contribution is -2.42. The van der Waals surface area contributed by atoms with Crippen molar-refractivity contribution in [3.05, 3.63) is 47.5 Å². The van der Waals surface area contributed by atoms with Crippen LogP contribution in [0.1, 0.15) is 50.4 Å². The Morgan fingerprint density at radius 3 is 2.46 bits per heavy atom. The third-order valence-electron chi connectivity index (χ3n) is 3.91. The maximum atomic E-state index is 12.3. The highest BCUT2D eigenvalue weighted by molar-refractivity contribution is 5.96. The Bertz CT molecular complexity index is 626. The molecule has 0 radical (unpaired) electrons. The van der Waals surface area contributed by atoms with Crippen molar-refractivity contribution < 1.29 is 19.1 Å². The van der Waals surface area contributed by atoms with Crippen LogP contribution in [0.3, 0.4) is 0 Å². The zero-order valence-electron chi connectivity index (χ0n) is 15.7. The van der Waals surface area contributed by atoms with Gasteiger partial charge in [-0.2, -0.15) is 0 Å². The molecule has 0 saturated heterocycles. The smallest absolute Gasteiger partial charge is 0.328 e. The van der Waals surface area contributed by atoms with Gasteiger partial charge in [-0.25, -0.2) is 4.79 Å². The summed E-state index contributed by atoms with van der Waals surface area (Å²) in [6.07, 6.45) is 3.59. The van der Waals surface area contributed by atoms with Gasteiger partial charge in [-0.15, -0.1) is 0 Å². The largest absolute Gasteiger partial charge is 0.464 e. The molecular weight excluding hydrogens is 332 g/mol. The first kappa shape index (κ1) is 21.4. The van der Waals surface area contributed by atoms with Crippen LogP contribution in [0.15, 0.2) is 42.0 Å². The van der Waals surface area contributed by atoms with Gasteiger partial charge in [0, 0.05) is 17.7 Å². The summed E-state index contributed by atoms with van der Waals surface area (Å²) in [5, 5.41) is 5.55. The van der Waals surface area contributed by atoms with Crippen LogP contribution >= 0.6 is 0 Å². The molecule has 0 fully saturated rings. The van der Waals surface area contributed by atoms with E-state index < -0.39 is 12.0 Å². The number of benzene rings is 1. The highest BCUT2D eigenvalue weighted by Crippen LogP contribution is 2.06. The zero-order chi connectivity index (χ0) is 19.4. The van der Waals surface area contributed by atoms with E-state index in [9.17, 15) is 14.4 Å². The van der Waals surface area contributed by atoms with E-state index >= 15 is 0 Å². The zero-order valence-corrected chi connectivity index (χ0v) is 15.7. The number of amides is 2. The van der Waals surface area contributed by atoms with E-state index in [2.05, 4.69) is 10.6 Å². The Labute approximate surface area is 155 Å². The number of nitrogens with one attached hydrogen (secondary N) is 2. The number of rotatable bonds is 10. The summed E-state index contributed by atoms with van der Waals surface area (Å²) < 4.78 is 5.05. The minimum absolute atomic E-state index is 0.0909. The van der Waals surface area contributed by atoms with Crippen LogP contribution in [-0.2, 0) is 14.3 Å². The second-order valence-corrected chi connectivity index (χ2v) is 5.87. The number of allylic oxidation sites excluding steroid dienone is 1. The van der Waals surface area contributed by atoms with Crippen LogP contribution < -0.4 is 10.6 Å². The van der Waals surface area contributed by atoms with Crippen LogP contribution in [-0.4, -0.2) is 37.0 Å². The van der Waals surface area contributed by atoms with Gasteiger partial charge in [0.15, 0.2) is 0 Å². The van der Waals surface area contributed by atoms with Crippen molar-refractivity contribution in [3.8, 4) is 0 Å². The lowest BCUT2D eigenvalue weighted by molar-refractivity contribution is -0.145. The number of esters is 1. The fourth-order valence-electron chi connectivity index (χ4n) is 2.27. The SMILES string of the molecule is C/C=C(\C)C(=O)NCCCC[C@H](NC(=O)c1ccccc1)C(=O)OCC. The van der Waals surface area contributed by atoms with E-state index in [1.165, 1.54) is 0 Å². The van der Waals surface area contributed by atoms with E-state index in [1.54, 1.807) is 44.2 Å². The normalized spacial score (nSPS) is 12.2. The van der Waals surface area contributed by atoms with Crippen LogP contribution in [0.4, 0.5) is 0 Å². The molecule has 0 aliphatic heterocycles. The Kier molecular flexibility index (Phi) is 9.75. The summed E-state index contributed by atoms with van der Waals surface area (Å²) in [6.45, 7) is 6.08. The van der Waals surface area contributed by atoms with Gasteiger partial charge in [-0.3, -0.25) is 9.59 Å². The molecule has 1 atom stereocenters. The Morgan fingerprint density at radius 2 is 1.85 bits per heavy atom. The van der Waals surface area contributed by atoms with Crippen molar-refractivity contribution in [3.63, 3.8) is 0 Å².